The van der Waals surface area contributed by atoms with Gasteiger partial charge in [-0.25, -0.2) is 0 Å². The molecule has 0 aliphatic rings. The summed E-state index contributed by atoms with van der Waals surface area (Å²) in [5, 5.41) is 14.8. The highest BCUT2D eigenvalue weighted by Crippen LogP contribution is 2.12. The van der Waals surface area contributed by atoms with Gasteiger partial charge in [0, 0.05) is 16.8 Å². The highest BCUT2D eigenvalue weighted by Gasteiger charge is 2.13. The molecule has 0 unspecified atom stereocenters. The molecule has 2 rings (SSSR count). The number of aliphatic hydroxyl groups is 1. The van der Waals surface area contributed by atoms with Crippen LogP contribution in [0.1, 0.15) is 21.7 Å². The Labute approximate surface area is 110 Å². The maximum absolute atomic E-state index is 11.8. The molecule has 5 nitrogen and oxygen atoms in total. The van der Waals surface area contributed by atoms with Gasteiger partial charge in [0.2, 0.25) is 5.76 Å². The summed E-state index contributed by atoms with van der Waals surface area (Å²) in [5.74, 6) is 5.17. The Balaban J connectivity index is 2.08. The lowest BCUT2D eigenvalue weighted by Gasteiger charge is -2.03. The zero-order chi connectivity index (χ0) is 13.7. The van der Waals surface area contributed by atoms with Crippen LogP contribution in [-0.4, -0.2) is 22.8 Å². The van der Waals surface area contributed by atoms with Gasteiger partial charge in [-0.2, -0.15) is 0 Å². The number of hydrogen-bond donors (Lipinski definition) is 2. The number of aromatic nitrogens is 1. The lowest BCUT2D eigenvalue weighted by Crippen LogP contribution is -2.11. The van der Waals surface area contributed by atoms with E-state index in [1.807, 2.05) is 0 Å². The molecule has 0 saturated heterocycles. The smallest absolute Gasteiger partial charge is 0.294 e. The fraction of sp³-hybridized carbons (Fsp3) is 0.143. The number of nitrogens with zero attached hydrogens (tertiary/aromatic N) is 1. The zero-order valence-electron chi connectivity index (χ0n) is 10.3. The van der Waals surface area contributed by atoms with Crippen molar-refractivity contribution in [2.75, 3.05) is 11.9 Å². The Morgan fingerprint density at radius 3 is 2.74 bits per heavy atom. The van der Waals surface area contributed by atoms with Crippen LogP contribution in [0.25, 0.3) is 0 Å². The Bertz CT molecular complexity index is 633. The van der Waals surface area contributed by atoms with Crippen molar-refractivity contribution < 1.29 is 14.4 Å². The number of amides is 1. The van der Waals surface area contributed by atoms with Gasteiger partial charge in [-0.15, -0.1) is 0 Å². The van der Waals surface area contributed by atoms with E-state index in [4.69, 9.17) is 9.63 Å². The van der Waals surface area contributed by atoms with Crippen molar-refractivity contribution >= 4 is 11.6 Å². The first-order chi connectivity index (χ1) is 9.20. The standard InChI is InChI=1S/C14H12N2O3/c1-10-9-15-19-13(10)14(18)16-12-6-4-11(5-7-12)3-2-8-17/h4-7,9,17H,8H2,1H3,(H,16,18). The number of aliphatic hydroxyl groups excluding tert-OH is 1. The van der Waals surface area contributed by atoms with Crippen molar-refractivity contribution in [3.05, 3.63) is 47.3 Å². The Kier molecular flexibility index (Phi) is 3.96. The van der Waals surface area contributed by atoms with Crippen molar-refractivity contribution in [2.24, 2.45) is 0 Å². The van der Waals surface area contributed by atoms with E-state index >= 15 is 0 Å². The van der Waals surface area contributed by atoms with Crippen LogP contribution >= 0.6 is 0 Å². The Morgan fingerprint density at radius 1 is 1.42 bits per heavy atom. The van der Waals surface area contributed by atoms with Crippen molar-refractivity contribution in [1.82, 2.24) is 5.16 Å². The second kappa shape index (κ2) is 5.85. The Hall–Kier alpha value is -2.58. The third kappa shape index (κ3) is 3.21. The maximum atomic E-state index is 11.8. The quantitative estimate of drug-likeness (QED) is 0.800. The van der Waals surface area contributed by atoms with Gasteiger partial charge in [-0.05, 0) is 31.2 Å². The summed E-state index contributed by atoms with van der Waals surface area (Å²) in [6.45, 7) is 1.57. The van der Waals surface area contributed by atoms with Crippen LogP contribution in [-0.2, 0) is 0 Å². The van der Waals surface area contributed by atoms with E-state index < -0.39 is 0 Å². The molecule has 1 heterocycles. The molecule has 0 bridgehead atoms. The average molecular weight is 256 g/mol. The molecule has 5 heteroatoms. The van der Waals surface area contributed by atoms with Crippen LogP contribution in [0, 0.1) is 18.8 Å². The van der Waals surface area contributed by atoms with Crippen LogP contribution in [0.4, 0.5) is 5.69 Å². The largest absolute Gasteiger partial charge is 0.384 e. The topological polar surface area (TPSA) is 75.4 Å². The van der Waals surface area contributed by atoms with Gasteiger partial charge in [-0.1, -0.05) is 17.0 Å². The molecule has 0 atom stereocenters. The molecular formula is C14H12N2O3. The summed E-state index contributed by atoms with van der Waals surface area (Å²) in [5.41, 5.74) is 2.08. The van der Waals surface area contributed by atoms with Crippen LogP contribution in [0.2, 0.25) is 0 Å². The molecule has 19 heavy (non-hydrogen) atoms. The van der Waals surface area contributed by atoms with Gasteiger partial charge in [0.05, 0.1) is 6.20 Å². The summed E-state index contributed by atoms with van der Waals surface area (Å²) in [7, 11) is 0. The zero-order valence-corrected chi connectivity index (χ0v) is 10.3. The third-order valence-electron chi connectivity index (χ3n) is 2.41. The van der Waals surface area contributed by atoms with Crippen molar-refractivity contribution in [1.29, 1.82) is 0 Å². The predicted octanol–water partition coefficient (Wildman–Crippen LogP) is 1.58. The molecule has 1 aromatic heterocycles. The molecule has 1 aromatic carbocycles. The number of aryl methyl sites for hydroxylation is 1. The normalized spacial score (nSPS) is 9.58. The molecule has 0 aliphatic carbocycles. The van der Waals surface area contributed by atoms with E-state index in [9.17, 15) is 4.79 Å². The number of carbonyl (C=O) groups is 1. The van der Waals surface area contributed by atoms with Crippen LogP contribution < -0.4 is 5.32 Å². The second-order valence-corrected chi connectivity index (χ2v) is 3.83. The van der Waals surface area contributed by atoms with E-state index in [1.165, 1.54) is 6.20 Å². The first kappa shape index (κ1) is 12.9. The van der Waals surface area contributed by atoms with E-state index in [2.05, 4.69) is 22.3 Å². The number of anilines is 1. The maximum Gasteiger partial charge on any atom is 0.294 e. The predicted molar refractivity (Wildman–Crippen MR) is 69.6 cm³/mol. The molecular weight excluding hydrogens is 244 g/mol. The van der Waals surface area contributed by atoms with Gasteiger partial charge in [0.15, 0.2) is 0 Å². The fourth-order valence-corrected chi connectivity index (χ4v) is 1.48. The minimum atomic E-state index is -0.343. The van der Waals surface area contributed by atoms with Crippen molar-refractivity contribution in [3.63, 3.8) is 0 Å². The lowest BCUT2D eigenvalue weighted by molar-refractivity contribution is 0.0987. The number of carbonyl (C=O) groups excluding carboxylic acids is 1. The molecule has 2 N–H and O–H groups in total. The number of rotatable bonds is 2. The molecule has 2 aromatic rings. The molecule has 0 saturated carbocycles. The summed E-state index contributed by atoms with van der Waals surface area (Å²) in [6, 6.07) is 6.97. The molecule has 96 valence electrons. The SMILES string of the molecule is Cc1cnoc1C(=O)Nc1ccc(C#CCO)cc1. The fourth-order valence-electron chi connectivity index (χ4n) is 1.48. The van der Waals surface area contributed by atoms with E-state index in [-0.39, 0.29) is 18.3 Å². The number of hydrogen-bond acceptors (Lipinski definition) is 4. The molecule has 0 radical (unpaired) electrons. The lowest BCUT2D eigenvalue weighted by atomic mass is 10.2. The van der Waals surface area contributed by atoms with Crippen molar-refractivity contribution in [3.8, 4) is 11.8 Å². The van der Waals surface area contributed by atoms with Crippen molar-refractivity contribution in [2.45, 2.75) is 6.92 Å². The summed E-state index contributed by atoms with van der Waals surface area (Å²) >= 11 is 0. The van der Waals surface area contributed by atoms with Gasteiger partial charge in [0.1, 0.15) is 6.61 Å². The molecule has 0 spiro atoms. The molecule has 0 fully saturated rings. The monoisotopic (exact) mass is 256 g/mol. The average Bonchev–Trinajstić information content (AvgIpc) is 2.84. The van der Waals surface area contributed by atoms with Crippen LogP contribution in [0.5, 0.6) is 0 Å². The van der Waals surface area contributed by atoms with Gasteiger partial charge in [-0.3, -0.25) is 4.79 Å². The van der Waals surface area contributed by atoms with Gasteiger partial charge < -0.3 is 14.9 Å². The summed E-state index contributed by atoms with van der Waals surface area (Å²) in [4.78, 5) is 11.8. The highest BCUT2D eigenvalue weighted by molar-refractivity contribution is 6.03. The Morgan fingerprint density at radius 2 is 2.16 bits per heavy atom. The number of nitrogens with one attached hydrogen (secondary N) is 1. The second-order valence-electron chi connectivity index (χ2n) is 3.83. The summed E-state index contributed by atoms with van der Waals surface area (Å²) in [6.07, 6.45) is 1.49. The highest BCUT2D eigenvalue weighted by atomic mass is 16.5. The first-order valence-corrected chi connectivity index (χ1v) is 5.63. The van der Waals surface area contributed by atoms with Gasteiger partial charge in [0.25, 0.3) is 5.91 Å². The minimum absolute atomic E-state index is 0.177. The first-order valence-electron chi connectivity index (χ1n) is 5.63. The van der Waals surface area contributed by atoms with E-state index in [1.54, 1.807) is 31.2 Å². The number of benzene rings is 1. The van der Waals surface area contributed by atoms with E-state index in [0.717, 1.165) is 5.56 Å². The van der Waals surface area contributed by atoms with E-state index in [0.29, 0.717) is 11.3 Å². The minimum Gasteiger partial charge on any atom is -0.384 e. The molecule has 0 aliphatic heterocycles. The third-order valence-corrected chi connectivity index (χ3v) is 2.41. The van der Waals surface area contributed by atoms with Crippen LogP contribution in [0.15, 0.2) is 35.0 Å². The van der Waals surface area contributed by atoms with Gasteiger partial charge >= 0.3 is 0 Å². The van der Waals surface area contributed by atoms with Crippen LogP contribution in [0.3, 0.4) is 0 Å². The summed E-state index contributed by atoms with van der Waals surface area (Å²) < 4.78 is 4.86. The molecule has 1 amide bonds.